The van der Waals surface area contributed by atoms with Crippen molar-refractivity contribution in [1.29, 1.82) is 0 Å². The lowest BCUT2D eigenvalue weighted by molar-refractivity contribution is 1.25. The molecule has 60 valence electrons. The predicted octanol–water partition coefficient (Wildman–Crippen LogP) is 4.05. The van der Waals surface area contributed by atoms with E-state index in [0.717, 1.165) is 0 Å². The standard InChI is InChI=1S/C8H10S3/c1-2-4-6-8-10-11-9-7-5-3-1/h1-5,7H,6,8H2/b3-1-,4-2+,7-5-. The van der Waals surface area contributed by atoms with Gasteiger partial charge in [0.2, 0.25) is 0 Å². The summed E-state index contributed by atoms with van der Waals surface area (Å²) in [4.78, 5) is 0. The Morgan fingerprint density at radius 3 is 2.91 bits per heavy atom. The molecule has 0 nitrogen and oxygen atoms in total. The second-order valence-corrected chi connectivity index (χ2v) is 6.08. The van der Waals surface area contributed by atoms with Crippen LogP contribution in [0.3, 0.4) is 0 Å². The van der Waals surface area contributed by atoms with Crippen LogP contribution in [0.25, 0.3) is 0 Å². The second kappa shape index (κ2) is 6.95. The van der Waals surface area contributed by atoms with Gasteiger partial charge in [0, 0.05) is 5.75 Å². The van der Waals surface area contributed by atoms with Gasteiger partial charge in [-0.2, -0.15) is 0 Å². The quantitative estimate of drug-likeness (QED) is 0.544. The fourth-order valence-electron chi connectivity index (χ4n) is 0.581. The van der Waals surface area contributed by atoms with Crippen LogP contribution in [0.15, 0.2) is 35.8 Å². The third kappa shape index (κ3) is 5.53. The Morgan fingerprint density at radius 1 is 1.00 bits per heavy atom. The summed E-state index contributed by atoms with van der Waals surface area (Å²) >= 11 is 0. The zero-order valence-corrected chi connectivity index (χ0v) is 8.55. The third-order valence-corrected chi connectivity index (χ3v) is 4.84. The summed E-state index contributed by atoms with van der Waals surface area (Å²) in [7, 11) is 5.53. The number of rotatable bonds is 0. The Hall–Kier alpha value is 0.270. The van der Waals surface area contributed by atoms with Gasteiger partial charge in [-0.3, -0.25) is 0 Å². The van der Waals surface area contributed by atoms with Crippen molar-refractivity contribution in [2.75, 3.05) is 5.75 Å². The molecular formula is C8H10S3. The zero-order chi connectivity index (χ0) is 7.78. The van der Waals surface area contributed by atoms with Gasteiger partial charge >= 0.3 is 0 Å². The molecule has 0 fully saturated rings. The molecule has 1 aliphatic rings. The Labute approximate surface area is 79.4 Å². The summed E-state index contributed by atoms with van der Waals surface area (Å²) in [5, 5.41) is 2.10. The Balaban J connectivity index is 2.36. The molecule has 0 amide bonds. The molecule has 0 aromatic carbocycles. The van der Waals surface area contributed by atoms with Crippen LogP contribution in [0.2, 0.25) is 0 Å². The van der Waals surface area contributed by atoms with E-state index in [9.17, 15) is 0 Å². The molecule has 0 bridgehead atoms. The molecule has 0 saturated carbocycles. The van der Waals surface area contributed by atoms with E-state index in [1.54, 1.807) is 10.8 Å². The first-order chi connectivity index (χ1) is 5.50. The molecule has 0 aromatic heterocycles. The van der Waals surface area contributed by atoms with Crippen LogP contribution >= 0.6 is 31.4 Å². The summed E-state index contributed by atoms with van der Waals surface area (Å²) in [6.45, 7) is 0. The first kappa shape index (κ1) is 9.36. The highest BCUT2D eigenvalue weighted by Crippen LogP contribution is 2.35. The van der Waals surface area contributed by atoms with Gasteiger partial charge in [0.1, 0.15) is 0 Å². The molecule has 0 unspecified atom stereocenters. The summed E-state index contributed by atoms with van der Waals surface area (Å²) in [6, 6.07) is 0. The van der Waals surface area contributed by atoms with Gasteiger partial charge in [0.25, 0.3) is 0 Å². The average Bonchev–Trinajstić information content (AvgIpc) is 2.08. The van der Waals surface area contributed by atoms with Gasteiger partial charge < -0.3 is 0 Å². The Bertz CT molecular complexity index is 152. The molecule has 0 aliphatic carbocycles. The Morgan fingerprint density at radius 2 is 1.91 bits per heavy atom. The van der Waals surface area contributed by atoms with Crippen molar-refractivity contribution in [2.24, 2.45) is 0 Å². The smallest absolute Gasteiger partial charge is 0.00799 e. The van der Waals surface area contributed by atoms with Gasteiger partial charge in [0.05, 0.1) is 0 Å². The van der Waals surface area contributed by atoms with Crippen molar-refractivity contribution in [3.05, 3.63) is 35.8 Å². The van der Waals surface area contributed by atoms with Crippen molar-refractivity contribution >= 4 is 31.4 Å². The van der Waals surface area contributed by atoms with Crippen LogP contribution in [-0.2, 0) is 0 Å². The first-order valence-electron chi connectivity index (χ1n) is 3.43. The van der Waals surface area contributed by atoms with Crippen LogP contribution in [0.5, 0.6) is 0 Å². The lowest BCUT2D eigenvalue weighted by Crippen LogP contribution is -1.67. The number of allylic oxidation sites excluding steroid dienone is 5. The maximum absolute atomic E-state index is 2.20. The molecule has 0 radical (unpaired) electrons. The molecule has 0 aromatic rings. The summed E-state index contributed by atoms with van der Waals surface area (Å²) in [5.41, 5.74) is 0. The third-order valence-electron chi connectivity index (χ3n) is 1.06. The molecule has 1 aliphatic heterocycles. The van der Waals surface area contributed by atoms with E-state index >= 15 is 0 Å². The fourth-order valence-corrected chi connectivity index (χ4v) is 3.65. The largest absolute Gasteiger partial charge is 0.0837 e. The van der Waals surface area contributed by atoms with Gasteiger partial charge in [-0.15, -0.1) is 0 Å². The maximum atomic E-state index is 2.20. The molecule has 1 heterocycles. The van der Waals surface area contributed by atoms with Gasteiger partial charge in [-0.25, -0.2) is 0 Å². The molecule has 0 atom stereocenters. The Kier molecular flexibility index (Phi) is 5.91. The number of hydrogen-bond donors (Lipinski definition) is 0. The van der Waals surface area contributed by atoms with E-state index in [0.29, 0.717) is 0 Å². The van der Waals surface area contributed by atoms with E-state index in [1.807, 2.05) is 20.6 Å². The molecule has 3 heteroatoms. The fraction of sp³-hybridized carbons (Fsp3) is 0.250. The second-order valence-electron chi connectivity index (χ2n) is 1.92. The molecule has 11 heavy (non-hydrogen) atoms. The van der Waals surface area contributed by atoms with E-state index < -0.39 is 0 Å². The van der Waals surface area contributed by atoms with Crippen LogP contribution in [0.1, 0.15) is 6.42 Å². The van der Waals surface area contributed by atoms with Gasteiger partial charge in [0.15, 0.2) is 0 Å². The lowest BCUT2D eigenvalue weighted by Gasteiger charge is -1.92. The molecule has 0 saturated heterocycles. The van der Waals surface area contributed by atoms with Gasteiger partial charge in [-0.05, 0) is 21.7 Å². The zero-order valence-electron chi connectivity index (χ0n) is 6.10. The minimum Gasteiger partial charge on any atom is -0.0837 e. The van der Waals surface area contributed by atoms with Crippen molar-refractivity contribution in [3.8, 4) is 0 Å². The van der Waals surface area contributed by atoms with Crippen molar-refractivity contribution in [1.82, 2.24) is 0 Å². The minimum absolute atomic E-state index is 1.17. The highest BCUT2D eigenvalue weighted by Gasteiger charge is 1.86. The first-order valence-corrected chi connectivity index (χ1v) is 7.15. The van der Waals surface area contributed by atoms with Crippen molar-refractivity contribution in [3.63, 3.8) is 0 Å². The van der Waals surface area contributed by atoms with E-state index in [1.165, 1.54) is 12.2 Å². The highest BCUT2D eigenvalue weighted by molar-refractivity contribution is 9.09. The lowest BCUT2D eigenvalue weighted by atomic mass is 10.4. The van der Waals surface area contributed by atoms with Crippen LogP contribution in [0.4, 0.5) is 0 Å². The minimum atomic E-state index is 1.17. The number of hydrogen-bond acceptors (Lipinski definition) is 3. The van der Waals surface area contributed by atoms with Gasteiger partial charge in [-0.1, -0.05) is 52.0 Å². The van der Waals surface area contributed by atoms with Crippen LogP contribution in [-0.4, -0.2) is 5.75 Å². The van der Waals surface area contributed by atoms with Crippen LogP contribution < -0.4 is 0 Å². The van der Waals surface area contributed by atoms with Crippen molar-refractivity contribution in [2.45, 2.75) is 6.42 Å². The van der Waals surface area contributed by atoms with Crippen LogP contribution in [0, 0.1) is 0 Å². The summed E-state index contributed by atoms with van der Waals surface area (Å²) in [5.74, 6) is 1.20. The van der Waals surface area contributed by atoms with Crippen molar-refractivity contribution < 1.29 is 0 Å². The van der Waals surface area contributed by atoms with E-state index in [2.05, 4.69) is 35.8 Å². The SMILES string of the molecule is C1=C\C=C\CCSSS\C=C/1. The average molecular weight is 202 g/mol. The topological polar surface area (TPSA) is 0 Å². The monoisotopic (exact) mass is 202 g/mol. The predicted molar refractivity (Wildman–Crippen MR) is 59.7 cm³/mol. The molecule has 0 N–H and O–H groups in total. The summed E-state index contributed by atoms with van der Waals surface area (Å²) in [6.07, 6.45) is 11.7. The molecular weight excluding hydrogens is 192 g/mol. The van der Waals surface area contributed by atoms with E-state index in [4.69, 9.17) is 0 Å². The molecule has 1 rings (SSSR count). The normalized spacial score (nSPS) is 28.4. The highest BCUT2D eigenvalue weighted by atomic mass is 33.5. The summed E-state index contributed by atoms with van der Waals surface area (Å²) < 4.78 is 0. The van der Waals surface area contributed by atoms with E-state index in [-0.39, 0.29) is 0 Å². The molecule has 0 spiro atoms. The maximum Gasteiger partial charge on any atom is 0.00799 e.